The zero-order chi connectivity index (χ0) is 20.7. The number of hydrogen-bond donors (Lipinski definition) is 2. The van der Waals surface area contributed by atoms with Crippen molar-refractivity contribution >= 4 is 15.9 Å². The van der Waals surface area contributed by atoms with Crippen molar-refractivity contribution in [1.29, 1.82) is 0 Å². The van der Waals surface area contributed by atoms with Gasteiger partial charge in [-0.15, -0.1) is 0 Å². The van der Waals surface area contributed by atoms with Gasteiger partial charge in [0.25, 0.3) is 0 Å². The van der Waals surface area contributed by atoms with E-state index >= 15 is 0 Å². The summed E-state index contributed by atoms with van der Waals surface area (Å²) in [7, 11) is 0.524. The summed E-state index contributed by atoms with van der Waals surface area (Å²) in [5.41, 5.74) is 0.620. The minimum atomic E-state index is -3.93. The molecule has 0 aromatic heterocycles. The maximum absolute atomic E-state index is 12.9. The quantitative estimate of drug-likeness (QED) is 0.646. The fourth-order valence-electron chi connectivity index (χ4n) is 2.34. The molecule has 0 unspecified atom stereocenters. The maximum Gasteiger partial charge on any atom is 0.241 e. The number of amides is 1. The maximum atomic E-state index is 12.9. The standard InChI is InChI=1S/C18H21FN2O6S/c1-25-15-9-17(27-3)16(26-2)8-12(15)10-20-18(22)11-21-28(23,24)14-6-4-13(19)5-7-14/h4-9,21H,10-11H2,1-3H3,(H,20,22). The third kappa shape index (κ3) is 5.33. The van der Waals surface area contributed by atoms with E-state index in [9.17, 15) is 17.6 Å². The number of halogens is 1. The van der Waals surface area contributed by atoms with Crippen molar-refractivity contribution in [2.24, 2.45) is 0 Å². The molecule has 2 aromatic carbocycles. The fourth-order valence-corrected chi connectivity index (χ4v) is 3.33. The molecule has 8 nitrogen and oxygen atoms in total. The Morgan fingerprint density at radius 1 is 0.964 bits per heavy atom. The molecule has 0 radical (unpaired) electrons. The molecule has 152 valence electrons. The highest BCUT2D eigenvalue weighted by Gasteiger charge is 2.16. The molecule has 28 heavy (non-hydrogen) atoms. The van der Waals surface area contributed by atoms with Crippen LogP contribution >= 0.6 is 0 Å². The van der Waals surface area contributed by atoms with Crippen LogP contribution in [0.4, 0.5) is 4.39 Å². The molecule has 0 atom stereocenters. The van der Waals surface area contributed by atoms with Crippen LogP contribution in [0.2, 0.25) is 0 Å². The van der Waals surface area contributed by atoms with Crippen molar-refractivity contribution in [3.63, 3.8) is 0 Å². The average Bonchev–Trinajstić information content (AvgIpc) is 2.70. The lowest BCUT2D eigenvalue weighted by atomic mass is 10.1. The number of hydrogen-bond acceptors (Lipinski definition) is 6. The topological polar surface area (TPSA) is 103 Å². The van der Waals surface area contributed by atoms with E-state index in [2.05, 4.69) is 10.0 Å². The van der Waals surface area contributed by atoms with E-state index in [1.54, 1.807) is 12.1 Å². The average molecular weight is 412 g/mol. The van der Waals surface area contributed by atoms with Crippen LogP contribution in [0.25, 0.3) is 0 Å². The SMILES string of the molecule is COc1cc(OC)c(OC)cc1CNC(=O)CNS(=O)(=O)c1ccc(F)cc1. The Morgan fingerprint density at radius 3 is 2.11 bits per heavy atom. The number of methoxy groups -OCH3 is 3. The van der Waals surface area contributed by atoms with Gasteiger partial charge in [0.1, 0.15) is 11.6 Å². The van der Waals surface area contributed by atoms with Gasteiger partial charge in [0.15, 0.2) is 11.5 Å². The van der Waals surface area contributed by atoms with Gasteiger partial charge in [-0.2, -0.15) is 0 Å². The van der Waals surface area contributed by atoms with E-state index in [1.807, 2.05) is 0 Å². The molecule has 2 N–H and O–H groups in total. The third-order valence-corrected chi connectivity index (χ3v) is 5.23. The minimum Gasteiger partial charge on any atom is -0.496 e. The summed E-state index contributed by atoms with van der Waals surface area (Å²) in [5, 5.41) is 2.59. The molecule has 2 aromatic rings. The second kappa shape index (κ2) is 9.38. The summed E-state index contributed by atoms with van der Waals surface area (Å²) in [5.74, 6) is 0.305. The predicted octanol–water partition coefficient (Wildman–Crippen LogP) is 1.45. The molecule has 2 rings (SSSR count). The second-order valence-electron chi connectivity index (χ2n) is 5.57. The van der Waals surface area contributed by atoms with E-state index < -0.39 is 28.3 Å². The molecular formula is C18H21FN2O6S. The van der Waals surface area contributed by atoms with Crippen LogP contribution in [0, 0.1) is 5.82 Å². The van der Waals surface area contributed by atoms with Crippen LogP contribution in [0.1, 0.15) is 5.56 Å². The summed E-state index contributed by atoms with van der Waals surface area (Å²) in [6, 6.07) is 7.56. The molecule has 0 aliphatic rings. The van der Waals surface area contributed by atoms with E-state index in [4.69, 9.17) is 14.2 Å². The van der Waals surface area contributed by atoms with Gasteiger partial charge in [-0.25, -0.2) is 17.5 Å². The number of carbonyl (C=O) groups is 1. The largest absolute Gasteiger partial charge is 0.496 e. The highest BCUT2D eigenvalue weighted by Crippen LogP contribution is 2.34. The first-order valence-corrected chi connectivity index (χ1v) is 9.60. The van der Waals surface area contributed by atoms with Crippen LogP contribution in [0.5, 0.6) is 17.2 Å². The van der Waals surface area contributed by atoms with Gasteiger partial charge in [0.05, 0.1) is 32.8 Å². The molecule has 0 saturated heterocycles. The van der Waals surface area contributed by atoms with Gasteiger partial charge in [-0.05, 0) is 30.3 Å². The van der Waals surface area contributed by atoms with Gasteiger partial charge in [0, 0.05) is 18.2 Å². The van der Waals surface area contributed by atoms with Crippen LogP contribution < -0.4 is 24.2 Å². The molecule has 0 spiro atoms. The van der Waals surface area contributed by atoms with Crippen LogP contribution in [0.15, 0.2) is 41.3 Å². The molecule has 0 saturated carbocycles. The smallest absolute Gasteiger partial charge is 0.241 e. The third-order valence-electron chi connectivity index (χ3n) is 3.81. The monoisotopic (exact) mass is 412 g/mol. The minimum absolute atomic E-state index is 0.0840. The Kier molecular flexibility index (Phi) is 7.18. The first-order valence-electron chi connectivity index (χ1n) is 8.11. The van der Waals surface area contributed by atoms with Crippen molar-refractivity contribution in [2.75, 3.05) is 27.9 Å². The van der Waals surface area contributed by atoms with Gasteiger partial charge >= 0.3 is 0 Å². The van der Waals surface area contributed by atoms with Gasteiger partial charge in [-0.1, -0.05) is 0 Å². The summed E-state index contributed by atoms with van der Waals surface area (Å²) in [4.78, 5) is 11.9. The molecular weight excluding hydrogens is 391 g/mol. The van der Waals surface area contributed by atoms with Crippen molar-refractivity contribution in [1.82, 2.24) is 10.0 Å². The Morgan fingerprint density at radius 2 is 1.54 bits per heavy atom. The Hall–Kier alpha value is -2.85. The fraction of sp³-hybridized carbons (Fsp3) is 0.278. The molecule has 1 amide bonds. The van der Waals surface area contributed by atoms with Crippen molar-refractivity contribution in [2.45, 2.75) is 11.4 Å². The Labute approximate surface area is 162 Å². The zero-order valence-electron chi connectivity index (χ0n) is 15.6. The summed E-state index contributed by atoms with van der Waals surface area (Å²) < 4.78 is 55.0. The Bertz CT molecular complexity index is 932. The molecule has 0 bridgehead atoms. The van der Waals surface area contributed by atoms with Crippen molar-refractivity contribution in [3.05, 3.63) is 47.8 Å². The summed E-state index contributed by atoms with van der Waals surface area (Å²) >= 11 is 0. The number of carbonyl (C=O) groups excluding carboxylic acids is 1. The number of ether oxygens (including phenoxy) is 3. The highest BCUT2D eigenvalue weighted by atomic mass is 32.2. The number of sulfonamides is 1. The normalized spacial score (nSPS) is 11.0. The molecule has 0 heterocycles. The second-order valence-corrected chi connectivity index (χ2v) is 7.34. The van der Waals surface area contributed by atoms with Crippen molar-refractivity contribution in [3.8, 4) is 17.2 Å². The van der Waals surface area contributed by atoms with Crippen molar-refractivity contribution < 1.29 is 31.8 Å². The number of rotatable bonds is 9. The van der Waals surface area contributed by atoms with Crippen LogP contribution in [0.3, 0.4) is 0 Å². The van der Waals surface area contributed by atoms with E-state index in [-0.39, 0.29) is 11.4 Å². The number of benzene rings is 2. The van der Waals surface area contributed by atoms with E-state index in [1.165, 1.54) is 21.3 Å². The van der Waals surface area contributed by atoms with Crippen LogP contribution in [-0.4, -0.2) is 42.2 Å². The molecule has 0 fully saturated rings. The molecule has 10 heteroatoms. The van der Waals surface area contributed by atoms with Gasteiger partial charge in [0.2, 0.25) is 15.9 Å². The first kappa shape index (κ1) is 21.5. The van der Waals surface area contributed by atoms with Crippen LogP contribution in [-0.2, 0) is 21.4 Å². The number of nitrogens with one attached hydrogen (secondary N) is 2. The van der Waals surface area contributed by atoms with Gasteiger partial charge < -0.3 is 19.5 Å². The van der Waals surface area contributed by atoms with Gasteiger partial charge in [-0.3, -0.25) is 4.79 Å². The van der Waals surface area contributed by atoms with E-state index in [0.717, 1.165) is 24.3 Å². The lowest BCUT2D eigenvalue weighted by Crippen LogP contribution is -2.36. The molecule has 0 aliphatic heterocycles. The predicted molar refractivity (Wildman–Crippen MR) is 99.5 cm³/mol. The first-order chi connectivity index (χ1) is 13.3. The lowest BCUT2D eigenvalue weighted by Gasteiger charge is -2.14. The summed E-state index contributed by atoms with van der Waals surface area (Å²) in [6.07, 6.45) is 0. The van der Waals surface area contributed by atoms with E-state index in [0.29, 0.717) is 22.8 Å². The zero-order valence-corrected chi connectivity index (χ0v) is 16.4. The lowest BCUT2D eigenvalue weighted by molar-refractivity contribution is -0.120. The highest BCUT2D eigenvalue weighted by molar-refractivity contribution is 7.89. The Balaban J connectivity index is 1.99. The summed E-state index contributed by atoms with van der Waals surface area (Å²) in [6.45, 7) is -0.393. The molecule has 0 aliphatic carbocycles.